The van der Waals surface area contributed by atoms with Crippen molar-refractivity contribution in [3.63, 3.8) is 0 Å². The highest BCUT2D eigenvalue weighted by Crippen LogP contribution is 2.32. The summed E-state index contributed by atoms with van der Waals surface area (Å²) in [5, 5.41) is 15.0. The highest BCUT2D eigenvalue weighted by molar-refractivity contribution is 8.02. The molecule has 3 heterocycles. The van der Waals surface area contributed by atoms with Crippen LogP contribution in [0.2, 0.25) is 0 Å². The summed E-state index contributed by atoms with van der Waals surface area (Å²) in [5.41, 5.74) is 0.964. The summed E-state index contributed by atoms with van der Waals surface area (Å²) >= 11 is 2.86. The number of hydrogen-bond acceptors (Lipinski definition) is 9. The van der Waals surface area contributed by atoms with Crippen molar-refractivity contribution in [2.24, 2.45) is 0 Å². The number of anilines is 1. The Labute approximate surface area is 171 Å². The van der Waals surface area contributed by atoms with Gasteiger partial charge in [-0.2, -0.15) is 0 Å². The molecule has 1 aromatic heterocycles. The summed E-state index contributed by atoms with van der Waals surface area (Å²) in [4.78, 5) is 12.4. The minimum Gasteiger partial charge on any atom is -0.454 e. The van der Waals surface area contributed by atoms with E-state index in [0.29, 0.717) is 12.3 Å². The molecule has 2 aliphatic heterocycles. The number of nitrogens with one attached hydrogen (secondary N) is 2. The summed E-state index contributed by atoms with van der Waals surface area (Å²) in [6.45, 7) is 4.11. The molecule has 0 unspecified atom stereocenters. The van der Waals surface area contributed by atoms with Gasteiger partial charge in [0.15, 0.2) is 15.8 Å². The van der Waals surface area contributed by atoms with Crippen LogP contribution in [0.3, 0.4) is 0 Å². The van der Waals surface area contributed by atoms with Gasteiger partial charge >= 0.3 is 0 Å². The minimum absolute atomic E-state index is 0.0493. The van der Waals surface area contributed by atoms with Crippen molar-refractivity contribution >= 4 is 34.1 Å². The number of ether oxygens (including phenoxy) is 3. The van der Waals surface area contributed by atoms with Crippen molar-refractivity contribution in [3.8, 4) is 11.5 Å². The molecule has 0 spiro atoms. The van der Waals surface area contributed by atoms with Crippen molar-refractivity contribution in [1.29, 1.82) is 0 Å². The fourth-order valence-electron chi connectivity index (χ4n) is 2.92. The molecule has 0 saturated carbocycles. The predicted octanol–water partition coefficient (Wildman–Crippen LogP) is 2.65. The average molecular weight is 423 g/mol. The van der Waals surface area contributed by atoms with E-state index in [0.717, 1.165) is 46.8 Å². The molecule has 8 nitrogen and oxygen atoms in total. The van der Waals surface area contributed by atoms with Crippen LogP contribution >= 0.6 is 23.1 Å². The second-order valence-electron chi connectivity index (χ2n) is 6.55. The number of carbonyl (C=O) groups is 1. The largest absolute Gasteiger partial charge is 0.454 e. The first-order chi connectivity index (χ1) is 13.7. The van der Waals surface area contributed by atoms with Gasteiger partial charge in [-0.25, -0.2) is 0 Å². The Morgan fingerprint density at radius 1 is 1.36 bits per heavy atom. The number of thioether (sulfide) groups is 1. The molecule has 10 heteroatoms. The molecule has 150 valence electrons. The Morgan fingerprint density at radius 2 is 2.25 bits per heavy atom. The van der Waals surface area contributed by atoms with Crippen molar-refractivity contribution in [2.75, 3.05) is 25.3 Å². The topological polar surface area (TPSA) is 94.6 Å². The van der Waals surface area contributed by atoms with E-state index in [-0.39, 0.29) is 24.1 Å². The standard InChI is InChI=1S/C18H22N4O4S2/c1-11(16(23)19-8-12-4-5-14-15(7-12)26-10-25-14)27-18-22-21-17(28-18)20-9-13-3-2-6-24-13/h4-5,7,11,13H,2-3,6,8-10H2,1H3,(H,19,23)(H,20,21)/t11-,13+/m1/s1. The van der Waals surface area contributed by atoms with E-state index >= 15 is 0 Å². The van der Waals surface area contributed by atoms with E-state index in [9.17, 15) is 4.79 Å². The van der Waals surface area contributed by atoms with E-state index in [1.165, 1.54) is 23.1 Å². The zero-order valence-electron chi connectivity index (χ0n) is 15.5. The monoisotopic (exact) mass is 422 g/mol. The molecule has 1 saturated heterocycles. The van der Waals surface area contributed by atoms with Crippen LogP contribution in [0.25, 0.3) is 0 Å². The molecule has 2 atom stereocenters. The first-order valence-corrected chi connectivity index (χ1v) is 10.9. The van der Waals surface area contributed by atoms with Gasteiger partial charge in [0.25, 0.3) is 0 Å². The number of fused-ring (bicyclic) bond motifs is 1. The number of benzene rings is 1. The van der Waals surface area contributed by atoms with Crippen LogP contribution in [0, 0.1) is 0 Å². The molecular weight excluding hydrogens is 400 g/mol. The molecule has 0 radical (unpaired) electrons. The van der Waals surface area contributed by atoms with Gasteiger partial charge < -0.3 is 24.8 Å². The number of rotatable bonds is 8. The lowest BCUT2D eigenvalue weighted by molar-refractivity contribution is -0.120. The van der Waals surface area contributed by atoms with Crippen molar-refractivity contribution < 1.29 is 19.0 Å². The smallest absolute Gasteiger partial charge is 0.233 e. The molecular formula is C18H22N4O4S2. The second-order valence-corrected chi connectivity index (χ2v) is 9.12. The number of hydrogen-bond donors (Lipinski definition) is 2. The van der Waals surface area contributed by atoms with Crippen LogP contribution in [0.4, 0.5) is 5.13 Å². The quantitative estimate of drug-likeness (QED) is 0.627. The highest BCUT2D eigenvalue weighted by atomic mass is 32.2. The van der Waals surface area contributed by atoms with Crippen LogP contribution < -0.4 is 20.1 Å². The minimum atomic E-state index is -0.270. The van der Waals surface area contributed by atoms with Gasteiger partial charge in [-0.05, 0) is 37.5 Å². The van der Waals surface area contributed by atoms with E-state index in [1.807, 2.05) is 25.1 Å². The summed E-state index contributed by atoms with van der Waals surface area (Å²) in [6, 6.07) is 5.66. The average Bonchev–Trinajstić information content (AvgIpc) is 3.45. The number of amides is 1. The second kappa shape index (κ2) is 8.97. The lowest BCUT2D eigenvalue weighted by Gasteiger charge is -2.10. The third-order valence-electron chi connectivity index (χ3n) is 4.46. The van der Waals surface area contributed by atoms with Gasteiger partial charge in [0.2, 0.25) is 17.8 Å². The first kappa shape index (κ1) is 19.3. The van der Waals surface area contributed by atoms with Crippen LogP contribution in [0.5, 0.6) is 11.5 Å². The van der Waals surface area contributed by atoms with Gasteiger partial charge in [-0.3, -0.25) is 4.79 Å². The number of carbonyl (C=O) groups excluding carboxylic acids is 1. The molecule has 28 heavy (non-hydrogen) atoms. The molecule has 2 aromatic rings. The fourth-order valence-corrected chi connectivity index (χ4v) is 4.85. The zero-order valence-corrected chi connectivity index (χ0v) is 17.1. The molecule has 1 amide bonds. The highest BCUT2D eigenvalue weighted by Gasteiger charge is 2.19. The maximum absolute atomic E-state index is 12.4. The first-order valence-electron chi connectivity index (χ1n) is 9.19. The Morgan fingerprint density at radius 3 is 3.11 bits per heavy atom. The van der Waals surface area contributed by atoms with Gasteiger partial charge in [0, 0.05) is 19.7 Å². The Hall–Kier alpha value is -2.04. The van der Waals surface area contributed by atoms with Gasteiger partial charge in [0.1, 0.15) is 0 Å². The number of nitrogens with zero attached hydrogens (tertiary/aromatic N) is 2. The molecule has 0 aliphatic carbocycles. The summed E-state index contributed by atoms with van der Waals surface area (Å²) < 4.78 is 17.0. The van der Waals surface area contributed by atoms with E-state index in [1.54, 1.807) is 0 Å². The van der Waals surface area contributed by atoms with Crippen LogP contribution in [-0.4, -0.2) is 47.4 Å². The van der Waals surface area contributed by atoms with Crippen molar-refractivity contribution in [3.05, 3.63) is 23.8 Å². The third kappa shape index (κ3) is 4.86. The SMILES string of the molecule is C[C@@H](Sc1nnc(NC[C@@H]2CCCO2)s1)C(=O)NCc1ccc2c(c1)OCO2. The maximum atomic E-state index is 12.4. The van der Waals surface area contributed by atoms with Crippen LogP contribution in [0.15, 0.2) is 22.5 Å². The molecule has 2 aliphatic rings. The maximum Gasteiger partial charge on any atom is 0.233 e. The lowest BCUT2D eigenvalue weighted by Crippen LogP contribution is -2.30. The number of aromatic nitrogens is 2. The lowest BCUT2D eigenvalue weighted by atomic mass is 10.2. The fraction of sp³-hybridized carbons (Fsp3) is 0.500. The van der Waals surface area contributed by atoms with Gasteiger partial charge in [-0.15, -0.1) is 10.2 Å². The van der Waals surface area contributed by atoms with E-state index < -0.39 is 0 Å². The molecule has 1 aromatic carbocycles. The molecule has 2 N–H and O–H groups in total. The third-order valence-corrected chi connectivity index (χ3v) is 6.53. The van der Waals surface area contributed by atoms with Crippen LogP contribution in [0.1, 0.15) is 25.3 Å². The Balaban J connectivity index is 1.23. The molecule has 0 bridgehead atoms. The van der Waals surface area contributed by atoms with Crippen molar-refractivity contribution in [1.82, 2.24) is 15.5 Å². The Kier molecular flexibility index (Phi) is 6.18. The normalized spacial score (nSPS) is 18.8. The van der Waals surface area contributed by atoms with Gasteiger partial charge in [-0.1, -0.05) is 29.2 Å². The van der Waals surface area contributed by atoms with E-state index in [4.69, 9.17) is 14.2 Å². The summed E-state index contributed by atoms with van der Waals surface area (Å²) in [5.74, 6) is 1.40. The predicted molar refractivity (Wildman–Crippen MR) is 107 cm³/mol. The summed E-state index contributed by atoms with van der Waals surface area (Å²) in [7, 11) is 0. The van der Waals surface area contributed by atoms with Crippen molar-refractivity contribution in [2.45, 2.75) is 42.0 Å². The molecule has 1 fully saturated rings. The van der Waals surface area contributed by atoms with E-state index in [2.05, 4.69) is 20.8 Å². The van der Waals surface area contributed by atoms with Crippen LogP contribution in [-0.2, 0) is 16.1 Å². The molecule has 4 rings (SSSR count). The zero-order chi connectivity index (χ0) is 19.3. The summed E-state index contributed by atoms with van der Waals surface area (Å²) in [6.07, 6.45) is 2.44. The van der Waals surface area contributed by atoms with Gasteiger partial charge in [0.05, 0.1) is 11.4 Å². The Bertz CT molecular complexity index is 826.